The number of rotatable bonds is 3. The van der Waals surface area contributed by atoms with Crippen LogP contribution in [0.2, 0.25) is 0 Å². The molecule has 1 saturated heterocycles. The van der Waals surface area contributed by atoms with Crippen molar-refractivity contribution in [1.29, 1.82) is 0 Å². The average molecular weight is 266 g/mol. The van der Waals surface area contributed by atoms with Crippen molar-refractivity contribution in [2.45, 2.75) is 65.5 Å². The predicted molar refractivity (Wildman–Crippen MR) is 74.5 cm³/mol. The summed E-state index contributed by atoms with van der Waals surface area (Å²) in [7, 11) is 0. The van der Waals surface area contributed by atoms with Crippen LogP contribution in [-0.4, -0.2) is 35.3 Å². The Morgan fingerprint density at radius 2 is 1.89 bits per heavy atom. The van der Waals surface area contributed by atoms with E-state index in [0.29, 0.717) is 12.3 Å². The zero-order valence-electron chi connectivity index (χ0n) is 12.5. The third-order valence-electron chi connectivity index (χ3n) is 4.07. The third-order valence-corrected chi connectivity index (χ3v) is 4.07. The summed E-state index contributed by atoms with van der Waals surface area (Å²) in [5.74, 6) is 0.528. The molecule has 19 heavy (non-hydrogen) atoms. The Balaban J connectivity index is 2.08. The SMILES string of the molecule is CC1CC(=O)NC(C2CC2)C(=O)N1CCC(C)(C)C. The summed E-state index contributed by atoms with van der Waals surface area (Å²) in [6, 6.07) is -0.254. The van der Waals surface area contributed by atoms with Crippen molar-refractivity contribution in [3.05, 3.63) is 0 Å². The van der Waals surface area contributed by atoms with Gasteiger partial charge in [-0.3, -0.25) is 9.59 Å². The lowest BCUT2D eigenvalue weighted by Gasteiger charge is -2.31. The van der Waals surface area contributed by atoms with Gasteiger partial charge in [-0.1, -0.05) is 20.8 Å². The van der Waals surface area contributed by atoms with E-state index in [9.17, 15) is 9.59 Å². The van der Waals surface area contributed by atoms with Crippen LogP contribution in [0.15, 0.2) is 0 Å². The zero-order valence-corrected chi connectivity index (χ0v) is 12.5. The zero-order chi connectivity index (χ0) is 14.2. The van der Waals surface area contributed by atoms with Crippen molar-refractivity contribution < 1.29 is 9.59 Å². The fraction of sp³-hybridized carbons (Fsp3) is 0.867. The van der Waals surface area contributed by atoms with Crippen LogP contribution in [0.1, 0.15) is 53.4 Å². The van der Waals surface area contributed by atoms with E-state index < -0.39 is 0 Å². The summed E-state index contributed by atoms with van der Waals surface area (Å²) in [5.41, 5.74) is 0.207. The maximum absolute atomic E-state index is 12.6. The van der Waals surface area contributed by atoms with E-state index in [2.05, 4.69) is 26.1 Å². The first-order valence-electron chi connectivity index (χ1n) is 7.38. The highest BCUT2D eigenvalue weighted by Gasteiger charge is 2.42. The molecule has 0 aromatic rings. The average Bonchev–Trinajstić information content (AvgIpc) is 3.06. The van der Waals surface area contributed by atoms with Crippen molar-refractivity contribution in [3.8, 4) is 0 Å². The molecule has 108 valence electrons. The monoisotopic (exact) mass is 266 g/mol. The van der Waals surface area contributed by atoms with Gasteiger partial charge in [-0.25, -0.2) is 0 Å². The lowest BCUT2D eigenvalue weighted by Crippen LogP contribution is -2.48. The molecule has 0 aromatic carbocycles. The fourth-order valence-electron chi connectivity index (χ4n) is 2.60. The van der Waals surface area contributed by atoms with Crippen LogP contribution in [-0.2, 0) is 9.59 Å². The highest BCUT2D eigenvalue weighted by molar-refractivity contribution is 5.91. The van der Waals surface area contributed by atoms with Gasteiger partial charge in [0.1, 0.15) is 6.04 Å². The molecule has 2 unspecified atom stereocenters. The quantitative estimate of drug-likeness (QED) is 0.848. The van der Waals surface area contributed by atoms with Gasteiger partial charge < -0.3 is 10.2 Å². The summed E-state index contributed by atoms with van der Waals surface area (Å²) in [6.07, 6.45) is 3.53. The van der Waals surface area contributed by atoms with E-state index in [1.807, 2.05) is 11.8 Å². The van der Waals surface area contributed by atoms with E-state index in [0.717, 1.165) is 25.8 Å². The third kappa shape index (κ3) is 3.71. The minimum Gasteiger partial charge on any atom is -0.344 e. The molecule has 1 aliphatic carbocycles. The molecule has 2 aliphatic rings. The van der Waals surface area contributed by atoms with E-state index in [-0.39, 0.29) is 29.3 Å². The molecule has 2 rings (SSSR count). The Kier molecular flexibility index (Phi) is 3.88. The van der Waals surface area contributed by atoms with Crippen LogP contribution in [0.3, 0.4) is 0 Å². The van der Waals surface area contributed by atoms with Crippen LogP contribution in [0.4, 0.5) is 0 Å². The van der Waals surface area contributed by atoms with Gasteiger partial charge in [0.2, 0.25) is 11.8 Å². The largest absolute Gasteiger partial charge is 0.344 e. The van der Waals surface area contributed by atoms with Gasteiger partial charge in [0, 0.05) is 19.0 Å². The van der Waals surface area contributed by atoms with E-state index >= 15 is 0 Å². The van der Waals surface area contributed by atoms with Crippen molar-refractivity contribution in [3.63, 3.8) is 0 Å². The number of hydrogen-bond acceptors (Lipinski definition) is 2. The number of nitrogens with zero attached hydrogens (tertiary/aromatic N) is 1. The van der Waals surface area contributed by atoms with Gasteiger partial charge in [0.25, 0.3) is 0 Å². The first-order chi connectivity index (χ1) is 8.78. The van der Waals surface area contributed by atoms with Gasteiger partial charge in [0.05, 0.1) is 0 Å². The molecule has 1 aliphatic heterocycles. The van der Waals surface area contributed by atoms with Gasteiger partial charge in [-0.2, -0.15) is 0 Å². The number of amides is 2. The highest BCUT2D eigenvalue weighted by atomic mass is 16.2. The first-order valence-corrected chi connectivity index (χ1v) is 7.38. The maximum atomic E-state index is 12.6. The van der Waals surface area contributed by atoms with Crippen molar-refractivity contribution >= 4 is 11.8 Å². The molecule has 1 saturated carbocycles. The molecular formula is C15H26N2O2. The number of hydrogen-bond donors (Lipinski definition) is 1. The smallest absolute Gasteiger partial charge is 0.245 e. The second-order valence-electron chi connectivity index (χ2n) is 7.28. The minimum absolute atomic E-state index is 0.0126. The Bertz CT molecular complexity index is 369. The molecule has 2 fully saturated rings. The van der Waals surface area contributed by atoms with Crippen LogP contribution >= 0.6 is 0 Å². The number of carbonyl (C=O) groups is 2. The van der Waals surface area contributed by atoms with Crippen molar-refractivity contribution in [2.75, 3.05) is 6.54 Å². The van der Waals surface area contributed by atoms with Crippen molar-refractivity contribution in [1.82, 2.24) is 10.2 Å². The molecule has 0 aromatic heterocycles. The van der Waals surface area contributed by atoms with Crippen LogP contribution in [0.25, 0.3) is 0 Å². The normalized spacial score (nSPS) is 29.2. The summed E-state index contributed by atoms with van der Waals surface area (Å²) in [5, 5.41) is 2.92. The molecule has 1 N–H and O–H groups in total. The van der Waals surface area contributed by atoms with Gasteiger partial charge in [-0.15, -0.1) is 0 Å². The van der Waals surface area contributed by atoms with Crippen LogP contribution in [0, 0.1) is 11.3 Å². The Hall–Kier alpha value is -1.06. The van der Waals surface area contributed by atoms with Gasteiger partial charge >= 0.3 is 0 Å². The topological polar surface area (TPSA) is 49.4 Å². The summed E-state index contributed by atoms with van der Waals surface area (Å²) >= 11 is 0. The number of carbonyl (C=O) groups excluding carboxylic acids is 2. The molecule has 2 atom stereocenters. The van der Waals surface area contributed by atoms with E-state index in [1.54, 1.807) is 0 Å². The first kappa shape index (κ1) is 14.4. The minimum atomic E-state index is -0.266. The lowest BCUT2D eigenvalue weighted by molar-refractivity contribution is -0.135. The van der Waals surface area contributed by atoms with E-state index in [4.69, 9.17) is 0 Å². The Morgan fingerprint density at radius 1 is 1.26 bits per heavy atom. The molecule has 1 heterocycles. The molecule has 2 amide bonds. The molecule has 4 nitrogen and oxygen atoms in total. The lowest BCUT2D eigenvalue weighted by atomic mass is 9.91. The summed E-state index contributed by atoms with van der Waals surface area (Å²) in [4.78, 5) is 26.4. The maximum Gasteiger partial charge on any atom is 0.245 e. The second-order valence-corrected chi connectivity index (χ2v) is 7.28. The van der Waals surface area contributed by atoms with E-state index in [1.165, 1.54) is 0 Å². The predicted octanol–water partition coefficient (Wildman–Crippen LogP) is 1.94. The summed E-state index contributed by atoms with van der Waals surface area (Å²) < 4.78 is 0. The molecule has 4 heteroatoms. The molecule has 0 radical (unpaired) electrons. The Morgan fingerprint density at radius 3 is 2.42 bits per heavy atom. The summed E-state index contributed by atoms with van der Waals surface area (Å²) in [6.45, 7) is 9.28. The molecule has 0 bridgehead atoms. The number of nitrogens with one attached hydrogen (secondary N) is 1. The highest BCUT2D eigenvalue weighted by Crippen LogP contribution is 2.35. The fourth-order valence-corrected chi connectivity index (χ4v) is 2.60. The standard InChI is InChI=1S/C15H26N2O2/c1-10-9-12(18)16-13(11-5-6-11)14(19)17(10)8-7-15(2,3)4/h10-11,13H,5-9H2,1-4H3,(H,16,18). The Labute approximate surface area is 115 Å². The molecule has 0 spiro atoms. The molecular weight excluding hydrogens is 240 g/mol. The van der Waals surface area contributed by atoms with Gasteiger partial charge in [0.15, 0.2) is 0 Å². The van der Waals surface area contributed by atoms with Crippen LogP contribution < -0.4 is 5.32 Å². The second kappa shape index (κ2) is 5.14. The van der Waals surface area contributed by atoms with Gasteiger partial charge in [-0.05, 0) is 37.5 Å². The van der Waals surface area contributed by atoms with Crippen molar-refractivity contribution in [2.24, 2.45) is 11.3 Å². The van der Waals surface area contributed by atoms with Crippen LogP contribution in [0.5, 0.6) is 0 Å².